The van der Waals surface area contributed by atoms with Crippen LogP contribution in [0.1, 0.15) is 38.5 Å². The van der Waals surface area contributed by atoms with Gasteiger partial charge in [-0.1, -0.05) is 11.6 Å². The molecule has 1 saturated heterocycles. The van der Waals surface area contributed by atoms with Crippen LogP contribution < -0.4 is 9.64 Å². The van der Waals surface area contributed by atoms with Crippen LogP contribution in [0, 0.1) is 0 Å². The zero-order valence-electron chi connectivity index (χ0n) is 12.0. The van der Waals surface area contributed by atoms with Gasteiger partial charge in [0.25, 0.3) is 0 Å². The number of halogens is 2. The minimum absolute atomic E-state index is 0.731. The highest BCUT2D eigenvalue weighted by molar-refractivity contribution is 9.10. The van der Waals surface area contributed by atoms with Gasteiger partial charge in [-0.3, -0.25) is 0 Å². The van der Waals surface area contributed by atoms with Crippen LogP contribution in [0.2, 0.25) is 5.02 Å². The van der Waals surface area contributed by atoms with Crippen LogP contribution in [-0.4, -0.2) is 26.2 Å². The van der Waals surface area contributed by atoms with Crippen molar-refractivity contribution >= 4 is 27.5 Å². The highest BCUT2D eigenvalue weighted by Gasteiger charge is 2.11. The van der Waals surface area contributed by atoms with E-state index in [4.69, 9.17) is 16.3 Å². The van der Waals surface area contributed by atoms with E-state index in [1.807, 2.05) is 18.2 Å². The fraction of sp³-hybridized carbons (Fsp3) is 0.625. The van der Waals surface area contributed by atoms with Gasteiger partial charge in [0.1, 0.15) is 5.75 Å². The van der Waals surface area contributed by atoms with Crippen LogP contribution in [0.3, 0.4) is 0 Å². The molecule has 1 aliphatic heterocycles. The molecular formula is C16H24BrClNO+. The van der Waals surface area contributed by atoms with Gasteiger partial charge in [-0.25, -0.2) is 0 Å². The summed E-state index contributed by atoms with van der Waals surface area (Å²) in [4.78, 5) is 1.79. The summed E-state index contributed by atoms with van der Waals surface area (Å²) in [6.45, 7) is 4.81. The molecule has 0 spiro atoms. The topological polar surface area (TPSA) is 13.7 Å². The number of likely N-dealkylation sites (tertiary alicyclic amines) is 1. The number of quaternary nitrogens is 1. The van der Waals surface area contributed by atoms with Crippen molar-refractivity contribution in [1.82, 2.24) is 0 Å². The number of nitrogens with one attached hydrogen (secondary N) is 1. The second-order valence-electron chi connectivity index (χ2n) is 5.54. The highest BCUT2D eigenvalue weighted by atomic mass is 79.9. The SMILES string of the molecule is Clc1ccc(OCCCC[NH+]2CCCCCC2)c(Br)c1. The number of benzene rings is 1. The van der Waals surface area contributed by atoms with Gasteiger partial charge in [0, 0.05) is 5.02 Å². The summed E-state index contributed by atoms with van der Waals surface area (Å²) < 4.78 is 6.72. The molecule has 2 rings (SSSR count). The van der Waals surface area contributed by atoms with Gasteiger partial charge in [0.2, 0.25) is 0 Å². The van der Waals surface area contributed by atoms with Gasteiger partial charge >= 0.3 is 0 Å². The smallest absolute Gasteiger partial charge is 0.133 e. The lowest BCUT2D eigenvalue weighted by Gasteiger charge is -2.16. The van der Waals surface area contributed by atoms with E-state index >= 15 is 0 Å². The third kappa shape index (κ3) is 5.63. The molecule has 1 aromatic carbocycles. The Balaban J connectivity index is 1.61. The van der Waals surface area contributed by atoms with E-state index in [2.05, 4.69) is 15.9 Å². The molecule has 0 aliphatic carbocycles. The number of hydrogen-bond acceptors (Lipinski definition) is 1. The van der Waals surface area contributed by atoms with Crippen molar-refractivity contribution < 1.29 is 9.64 Å². The predicted octanol–water partition coefficient (Wildman–Crippen LogP) is 3.72. The summed E-state index contributed by atoms with van der Waals surface area (Å²) >= 11 is 9.39. The van der Waals surface area contributed by atoms with Crippen LogP contribution in [0.4, 0.5) is 0 Å². The Bertz CT molecular complexity index is 405. The van der Waals surface area contributed by atoms with Crippen LogP contribution in [0.25, 0.3) is 0 Å². The third-order valence-corrected chi connectivity index (χ3v) is 4.74. The molecule has 1 N–H and O–H groups in total. The van der Waals surface area contributed by atoms with Crippen LogP contribution in [0.5, 0.6) is 5.75 Å². The summed E-state index contributed by atoms with van der Waals surface area (Å²) in [5.41, 5.74) is 0. The summed E-state index contributed by atoms with van der Waals surface area (Å²) in [5, 5.41) is 0.731. The van der Waals surface area contributed by atoms with Gasteiger partial charge in [-0.05, 0) is 72.7 Å². The summed E-state index contributed by atoms with van der Waals surface area (Å²) in [6.07, 6.45) is 8.04. The molecule has 20 heavy (non-hydrogen) atoms. The van der Waals surface area contributed by atoms with Crippen molar-refractivity contribution in [3.8, 4) is 5.75 Å². The van der Waals surface area contributed by atoms with Gasteiger partial charge < -0.3 is 9.64 Å². The Morgan fingerprint density at radius 2 is 1.85 bits per heavy atom. The molecule has 0 amide bonds. The van der Waals surface area contributed by atoms with E-state index in [0.29, 0.717) is 0 Å². The number of unbranched alkanes of at least 4 members (excludes halogenated alkanes) is 1. The lowest BCUT2D eigenvalue weighted by atomic mass is 10.2. The largest absolute Gasteiger partial charge is 0.492 e. The fourth-order valence-electron chi connectivity index (χ4n) is 2.73. The van der Waals surface area contributed by atoms with Crippen molar-refractivity contribution in [3.63, 3.8) is 0 Å². The zero-order chi connectivity index (χ0) is 14.2. The van der Waals surface area contributed by atoms with Gasteiger partial charge in [0.05, 0.1) is 30.7 Å². The molecule has 1 aromatic rings. The van der Waals surface area contributed by atoms with Crippen molar-refractivity contribution in [2.75, 3.05) is 26.2 Å². The average molecular weight is 362 g/mol. The fourth-order valence-corrected chi connectivity index (χ4v) is 3.53. The number of ether oxygens (including phenoxy) is 1. The molecule has 0 aromatic heterocycles. The second-order valence-corrected chi connectivity index (χ2v) is 6.84. The van der Waals surface area contributed by atoms with E-state index in [-0.39, 0.29) is 0 Å². The first-order valence-corrected chi connectivity index (χ1v) is 8.84. The second kappa shape index (κ2) is 8.91. The lowest BCUT2D eigenvalue weighted by Crippen LogP contribution is -3.11. The molecule has 0 unspecified atom stereocenters. The van der Waals surface area contributed by atoms with E-state index in [9.17, 15) is 0 Å². The Morgan fingerprint density at radius 3 is 2.55 bits per heavy atom. The summed E-state index contributed by atoms with van der Waals surface area (Å²) in [6, 6.07) is 5.66. The molecule has 0 radical (unpaired) electrons. The minimum atomic E-state index is 0.731. The monoisotopic (exact) mass is 360 g/mol. The minimum Gasteiger partial charge on any atom is -0.492 e. The molecule has 0 bridgehead atoms. The number of rotatable bonds is 6. The predicted molar refractivity (Wildman–Crippen MR) is 87.9 cm³/mol. The van der Waals surface area contributed by atoms with Crippen LogP contribution in [-0.2, 0) is 0 Å². The van der Waals surface area contributed by atoms with Crippen LogP contribution in [0.15, 0.2) is 22.7 Å². The summed E-state index contributed by atoms with van der Waals surface area (Å²) in [7, 11) is 0. The molecule has 0 saturated carbocycles. The summed E-state index contributed by atoms with van der Waals surface area (Å²) in [5.74, 6) is 0.886. The first-order valence-electron chi connectivity index (χ1n) is 7.67. The standard InChI is InChI=1S/C16H23BrClNO/c17-15-13-14(18)7-8-16(15)20-12-6-5-11-19-9-3-1-2-4-10-19/h7-8,13H,1-6,9-12H2/p+1. The van der Waals surface area contributed by atoms with Crippen molar-refractivity contribution in [3.05, 3.63) is 27.7 Å². The van der Waals surface area contributed by atoms with Gasteiger partial charge in [0.15, 0.2) is 0 Å². The van der Waals surface area contributed by atoms with Gasteiger partial charge in [-0.15, -0.1) is 0 Å². The normalized spacial score (nSPS) is 16.9. The van der Waals surface area contributed by atoms with Gasteiger partial charge in [-0.2, -0.15) is 0 Å². The Kier molecular flexibility index (Phi) is 7.18. The van der Waals surface area contributed by atoms with E-state index in [1.54, 1.807) is 4.90 Å². The molecule has 0 atom stereocenters. The molecule has 2 nitrogen and oxygen atoms in total. The molecular weight excluding hydrogens is 338 g/mol. The maximum Gasteiger partial charge on any atom is 0.133 e. The Morgan fingerprint density at radius 1 is 1.10 bits per heavy atom. The van der Waals surface area contributed by atoms with Crippen molar-refractivity contribution in [1.29, 1.82) is 0 Å². The highest BCUT2D eigenvalue weighted by Crippen LogP contribution is 2.27. The third-order valence-electron chi connectivity index (χ3n) is 3.89. The Hall–Kier alpha value is -0.250. The maximum atomic E-state index is 5.91. The molecule has 1 heterocycles. The van der Waals surface area contributed by atoms with E-state index < -0.39 is 0 Å². The van der Waals surface area contributed by atoms with Crippen molar-refractivity contribution in [2.45, 2.75) is 38.5 Å². The molecule has 1 fully saturated rings. The first kappa shape index (κ1) is 16.1. The molecule has 4 heteroatoms. The van der Waals surface area contributed by atoms with Crippen molar-refractivity contribution in [2.24, 2.45) is 0 Å². The lowest BCUT2D eigenvalue weighted by molar-refractivity contribution is -0.899. The molecule has 1 aliphatic rings. The average Bonchev–Trinajstić information content (AvgIpc) is 2.69. The molecule has 112 valence electrons. The van der Waals surface area contributed by atoms with E-state index in [1.165, 1.54) is 51.7 Å². The first-order chi connectivity index (χ1) is 9.75. The van der Waals surface area contributed by atoms with Crippen LogP contribution >= 0.6 is 27.5 Å². The van der Waals surface area contributed by atoms with E-state index in [0.717, 1.165) is 28.3 Å². The maximum absolute atomic E-state index is 5.91. The Labute approximate surface area is 135 Å². The zero-order valence-corrected chi connectivity index (χ0v) is 14.3. The number of hydrogen-bond donors (Lipinski definition) is 1. The quantitative estimate of drug-likeness (QED) is 0.762.